The number of aromatic nitrogens is 1. The van der Waals surface area contributed by atoms with Crippen LogP contribution in [0, 0.1) is 5.92 Å². The number of nitrogens with one attached hydrogen (secondary N) is 1. The topological polar surface area (TPSA) is 103 Å². The second kappa shape index (κ2) is 9.79. The van der Waals surface area contributed by atoms with E-state index in [9.17, 15) is 19.8 Å². The molecule has 2 saturated carbocycles. The zero-order chi connectivity index (χ0) is 25.6. The van der Waals surface area contributed by atoms with Crippen LogP contribution in [-0.2, 0) is 0 Å². The molecule has 0 spiro atoms. The first-order valence-electron chi connectivity index (χ1n) is 12.1. The Morgan fingerprint density at radius 3 is 2.28 bits per heavy atom. The lowest BCUT2D eigenvalue weighted by atomic mass is 9.89. The average molecular weight is 528 g/mol. The minimum atomic E-state index is -0.911. The van der Waals surface area contributed by atoms with E-state index in [1.165, 1.54) is 4.90 Å². The number of aromatic hydroxyl groups is 1. The van der Waals surface area contributed by atoms with Gasteiger partial charge in [-0.2, -0.15) is 0 Å². The van der Waals surface area contributed by atoms with Gasteiger partial charge in [0.2, 0.25) is 0 Å². The molecule has 188 valence electrons. The summed E-state index contributed by atoms with van der Waals surface area (Å²) in [5.41, 5.74) is 3.69. The number of carbonyl (C=O) groups excluding carboxylic acids is 1. The van der Waals surface area contributed by atoms with Crippen molar-refractivity contribution in [1.29, 1.82) is 0 Å². The third-order valence-corrected chi connectivity index (χ3v) is 7.90. The molecule has 1 aromatic heterocycles. The van der Waals surface area contributed by atoms with Crippen molar-refractivity contribution >= 4 is 51.7 Å². The third-order valence-electron chi connectivity index (χ3n) is 7.33. The highest BCUT2D eigenvalue weighted by Gasteiger charge is 2.33. The summed E-state index contributed by atoms with van der Waals surface area (Å²) in [6.07, 6.45) is 5.66. The lowest BCUT2D eigenvalue weighted by molar-refractivity contribution is 0.0967. The minimum absolute atomic E-state index is 0.00195. The van der Waals surface area contributed by atoms with Gasteiger partial charge in [0.25, 0.3) is 0 Å². The van der Waals surface area contributed by atoms with Gasteiger partial charge in [-0.25, -0.2) is 4.79 Å². The van der Waals surface area contributed by atoms with Crippen LogP contribution in [-0.4, -0.2) is 51.1 Å². The summed E-state index contributed by atoms with van der Waals surface area (Å²) in [6, 6.07) is 9.20. The molecule has 0 unspecified atom stereocenters. The van der Waals surface area contributed by atoms with Gasteiger partial charge >= 0.3 is 6.09 Å². The number of Topliss-reactive ketones (excluding diaryl/α,β-unsaturated/α-hetero) is 1. The molecule has 36 heavy (non-hydrogen) atoms. The van der Waals surface area contributed by atoms with E-state index in [-0.39, 0.29) is 39.6 Å². The number of phenols is 1. The molecule has 0 atom stereocenters. The fraction of sp³-hybridized carbons (Fsp3) is 0.370. The number of hydrogen-bond acceptors (Lipinski definition) is 5. The summed E-state index contributed by atoms with van der Waals surface area (Å²) < 4.78 is 0. The molecule has 2 aliphatic rings. The number of hydrogen-bond donors (Lipinski definition) is 3. The van der Waals surface area contributed by atoms with Crippen molar-refractivity contribution in [3.05, 3.63) is 52.1 Å². The first-order chi connectivity index (χ1) is 17.2. The van der Waals surface area contributed by atoms with Crippen LogP contribution in [0.5, 0.6) is 5.75 Å². The fourth-order valence-electron chi connectivity index (χ4n) is 4.98. The van der Waals surface area contributed by atoms with Crippen molar-refractivity contribution in [3.8, 4) is 16.9 Å². The van der Waals surface area contributed by atoms with Gasteiger partial charge in [0.15, 0.2) is 11.5 Å². The number of benzene rings is 2. The van der Waals surface area contributed by atoms with Crippen LogP contribution in [0.2, 0.25) is 10.0 Å². The molecule has 3 N–H and O–H groups in total. The van der Waals surface area contributed by atoms with Crippen LogP contribution >= 0.6 is 23.2 Å². The summed E-state index contributed by atoms with van der Waals surface area (Å²) in [7, 11) is 1.62. The molecule has 3 aromatic rings. The van der Waals surface area contributed by atoms with Gasteiger partial charge in [0.05, 0.1) is 26.8 Å². The smallest absolute Gasteiger partial charge is 0.407 e. The first kappa shape index (κ1) is 24.7. The highest BCUT2D eigenvalue weighted by Crippen LogP contribution is 2.40. The molecule has 0 radical (unpaired) electrons. The molecule has 1 heterocycles. The Labute approximate surface area is 219 Å². The average Bonchev–Trinajstić information content (AvgIpc) is 3.72. The van der Waals surface area contributed by atoms with E-state index in [0.29, 0.717) is 5.56 Å². The number of halogens is 2. The number of carbonyl (C=O) groups is 2. The van der Waals surface area contributed by atoms with Crippen LogP contribution in [0.15, 0.2) is 36.5 Å². The number of nitrogens with zero attached hydrogens (tertiary/aromatic N) is 2. The Morgan fingerprint density at radius 2 is 1.67 bits per heavy atom. The van der Waals surface area contributed by atoms with Crippen molar-refractivity contribution in [3.63, 3.8) is 0 Å². The molecular weight excluding hydrogens is 501 g/mol. The maximum absolute atomic E-state index is 13.2. The predicted octanol–water partition coefficient (Wildman–Crippen LogP) is 6.84. The monoisotopic (exact) mass is 527 g/mol. The van der Waals surface area contributed by atoms with E-state index < -0.39 is 6.09 Å². The highest BCUT2D eigenvalue weighted by atomic mass is 35.5. The van der Waals surface area contributed by atoms with Gasteiger partial charge in [-0.1, -0.05) is 29.3 Å². The van der Waals surface area contributed by atoms with E-state index in [4.69, 9.17) is 23.2 Å². The summed E-state index contributed by atoms with van der Waals surface area (Å²) in [5.74, 6) is -0.0108. The summed E-state index contributed by atoms with van der Waals surface area (Å²) in [5, 5.41) is 24.1. The van der Waals surface area contributed by atoms with Crippen molar-refractivity contribution in [2.24, 2.45) is 5.92 Å². The molecule has 5 rings (SSSR count). The lowest BCUT2D eigenvalue weighted by Gasteiger charge is -2.34. The highest BCUT2D eigenvalue weighted by molar-refractivity contribution is 6.37. The first-order valence-corrected chi connectivity index (χ1v) is 12.9. The number of phenolic OH excluding ortho intramolecular Hbond substituents is 1. The molecule has 2 fully saturated rings. The zero-order valence-corrected chi connectivity index (χ0v) is 21.3. The maximum Gasteiger partial charge on any atom is 0.407 e. The summed E-state index contributed by atoms with van der Waals surface area (Å²) >= 11 is 12.3. The Morgan fingerprint density at radius 1 is 1.00 bits per heavy atom. The molecule has 2 aliphatic carbocycles. The standard InChI is InChI=1S/C27H27Cl2N3O4/c1-32(27(35)36)18-7-5-17(6-8-18)31-24-19-10-15(16-11-21(28)26(34)22(29)12-16)4-9-23(19)30-13-20(24)25(33)14-2-3-14/h4,9-14,17-18,34H,2-3,5-8H2,1H3,(H,30,31)(H,35,36). The second-order valence-corrected chi connectivity index (χ2v) is 10.6. The van der Waals surface area contributed by atoms with Crippen LogP contribution < -0.4 is 5.32 Å². The van der Waals surface area contributed by atoms with Crippen molar-refractivity contribution in [2.75, 3.05) is 12.4 Å². The Hall–Kier alpha value is -3.03. The molecule has 2 aromatic carbocycles. The summed E-state index contributed by atoms with van der Waals surface area (Å²) in [6.45, 7) is 0. The van der Waals surface area contributed by atoms with E-state index in [1.54, 1.807) is 25.4 Å². The molecule has 0 bridgehead atoms. The third kappa shape index (κ3) is 4.82. The Balaban J connectivity index is 1.52. The van der Waals surface area contributed by atoms with Crippen LogP contribution in [0.1, 0.15) is 48.9 Å². The van der Waals surface area contributed by atoms with Gasteiger partial charge in [0, 0.05) is 36.6 Å². The van der Waals surface area contributed by atoms with Crippen molar-refractivity contribution < 1.29 is 19.8 Å². The Kier molecular flexibility index (Phi) is 6.70. The summed E-state index contributed by atoms with van der Waals surface area (Å²) in [4.78, 5) is 30.5. The normalized spacial score (nSPS) is 19.8. The van der Waals surface area contributed by atoms with Gasteiger partial charge in [0.1, 0.15) is 0 Å². The van der Waals surface area contributed by atoms with Crippen molar-refractivity contribution in [1.82, 2.24) is 9.88 Å². The number of pyridine rings is 1. The SMILES string of the molecule is CN(C(=O)O)C1CCC(Nc2c(C(=O)C3CC3)cnc3ccc(-c4cc(Cl)c(O)c(Cl)c4)cc23)CC1. The van der Waals surface area contributed by atoms with E-state index in [0.717, 1.165) is 66.2 Å². The number of carboxylic acid groups (broad SMARTS) is 1. The van der Waals surface area contributed by atoms with Crippen LogP contribution in [0.3, 0.4) is 0 Å². The number of ketones is 1. The zero-order valence-electron chi connectivity index (χ0n) is 19.8. The van der Waals surface area contributed by atoms with Crippen LogP contribution in [0.4, 0.5) is 10.5 Å². The maximum atomic E-state index is 13.2. The number of anilines is 1. The largest absolute Gasteiger partial charge is 0.505 e. The van der Waals surface area contributed by atoms with E-state index >= 15 is 0 Å². The lowest BCUT2D eigenvalue weighted by Crippen LogP contribution is -2.41. The van der Waals surface area contributed by atoms with Crippen LogP contribution in [0.25, 0.3) is 22.0 Å². The molecular formula is C27H27Cl2N3O4. The molecule has 0 aliphatic heterocycles. The fourth-order valence-corrected chi connectivity index (χ4v) is 5.47. The molecule has 7 nitrogen and oxygen atoms in total. The van der Waals surface area contributed by atoms with E-state index in [1.807, 2.05) is 18.2 Å². The quantitative estimate of drug-likeness (QED) is 0.303. The number of amides is 1. The van der Waals surface area contributed by atoms with Gasteiger partial charge in [-0.05, 0) is 73.9 Å². The van der Waals surface area contributed by atoms with Crippen molar-refractivity contribution in [2.45, 2.75) is 50.6 Å². The molecule has 9 heteroatoms. The number of rotatable bonds is 6. The second-order valence-electron chi connectivity index (χ2n) is 9.75. The minimum Gasteiger partial charge on any atom is -0.505 e. The predicted molar refractivity (Wildman–Crippen MR) is 141 cm³/mol. The molecule has 0 saturated heterocycles. The Bertz CT molecular complexity index is 1330. The van der Waals surface area contributed by atoms with Gasteiger partial charge in [-0.3, -0.25) is 9.78 Å². The molecule has 1 amide bonds. The van der Waals surface area contributed by atoms with Gasteiger partial charge < -0.3 is 20.4 Å². The number of fused-ring (bicyclic) bond motifs is 1. The van der Waals surface area contributed by atoms with Gasteiger partial charge in [-0.15, -0.1) is 0 Å². The van der Waals surface area contributed by atoms with E-state index in [2.05, 4.69) is 10.3 Å².